The molecule has 7 rings (SSSR count). The van der Waals surface area contributed by atoms with Crippen molar-refractivity contribution in [3.63, 3.8) is 0 Å². The van der Waals surface area contributed by atoms with Gasteiger partial charge in [0, 0.05) is 11.1 Å². The zero-order valence-electron chi connectivity index (χ0n) is 17.5. The van der Waals surface area contributed by atoms with Crippen LogP contribution in [0.5, 0.6) is 5.75 Å². The first-order valence-electron chi connectivity index (χ1n) is 11.4. The summed E-state index contributed by atoms with van der Waals surface area (Å²) in [5.41, 5.74) is 5.65. The maximum absolute atomic E-state index is 11.7. The number of rotatable bonds is 3. The van der Waals surface area contributed by atoms with E-state index in [0.717, 1.165) is 45.2 Å². The van der Waals surface area contributed by atoms with E-state index in [9.17, 15) is 9.90 Å². The van der Waals surface area contributed by atoms with E-state index < -0.39 is 5.91 Å². The molecule has 4 saturated carbocycles. The van der Waals surface area contributed by atoms with Gasteiger partial charge in [0.15, 0.2) is 0 Å². The molecule has 4 nitrogen and oxygen atoms in total. The van der Waals surface area contributed by atoms with E-state index in [1.165, 1.54) is 38.5 Å². The Morgan fingerprint density at radius 3 is 2.06 bits per heavy atom. The minimum atomic E-state index is -0.510. The fourth-order valence-corrected chi connectivity index (χ4v) is 7.21. The van der Waals surface area contributed by atoms with Gasteiger partial charge in [0.2, 0.25) is 0 Å². The highest BCUT2D eigenvalue weighted by Gasteiger charge is 2.52. The third kappa shape index (κ3) is 3.04. The first-order valence-corrected chi connectivity index (χ1v) is 11.4. The number of hydroxylamine groups is 1. The van der Waals surface area contributed by atoms with Crippen LogP contribution in [-0.2, 0) is 5.41 Å². The standard InChI is InChI=1S/C27H27NO3/c29-25-6-5-22(12-24(25)27-13-16-7-17(14-27)9-18(8-16)15-27)20-1-2-21-11-23(26(30)28-31)4-3-19(21)10-20/h1-6,10-12,16-18,29,31H,7-9,13-15H2,(H,28,30). The van der Waals surface area contributed by atoms with Gasteiger partial charge in [-0.05, 0) is 114 Å². The number of aromatic hydroxyl groups is 1. The van der Waals surface area contributed by atoms with E-state index in [-0.39, 0.29) is 5.41 Å². The number of phenols is 1. The van der Waals surface area contributed by atoms with E-state index in [0.29, 0.717) is 11.3 Å². The van der Waals surface area contributed by atoms with Gasteiger partial charge in [-0.3, -0.25) is 10.0 Å². The number of benzene rings is 3. The van der Waals surface area contributed by atoms with E-state index in [4.69, 9.17) is 5.21 Å². The van der Waals surface area contributed by atoms with Crippen LogP contribution in [-0.4, -0.2) is 16.2 Å². The molecule has 3 aromatic carbocycles. The van der Waals surface area contributed by atoms with E-state index in [1.807, 2.05) is 24.3 Å². The summed E-state index contributed by atoms with van der Waals surface area (Å²) in [5.74, 6) is 2.44. The first kappa shape index (κ1) is 18.9. The third-order valence-corrected chi connectivity index (χ3v) is 8.14. The zero-order valence-corrected chi connectivity index (χ0v) is 17.5. The summed E-state index contributed by atoms with van der Waals surface area (Å²) in [6.45, 7) is 0. The molecule has 0 heterocycles. The van der Waals surface area contributed by atoms with Crippen molar-refractivity contribution in [3.05, 3.63) is 65.7 Å². The lowest BCUT2D eigenvalue weighted by Gasteiger charge is -2.57. The maximum Gasteiger partial charge on any atom is 0.274 e. The molecule has 31 heavy (non-hydrogen) atoms. The quantitative estimate of drug-likeness (QED) is 0.375. The number of amides is 1. The lowest BCUT2D eigenvalue weighted by atomic mass is 9.48. The second-order valence-corrected chi connectivity index (χ2v) is 10.1. The van der Waals surface area contributed by atoms with Gasteiger partial charge in [-0.2, -0.15) is 0 Å². The summed E-state index contributed by atoms with van der Waals surface area (Å²) >= 11 is 0. The van der Waals surface area contributed by atoms with Gasteiger partial charge < -0.3 is 5.11 Å². The van der Waals surface area contributed by atoms with Gasteiger partial charge in [-0.15, -0.1) is 0 Å². The zero-order chi connectivity index (χ0) is 21.2. The van der Waals surface area contributed by atoms with Crippen molar-refractivity contribution in [1.29, 1.82) is 0 Å². The van der Waals surface area contributed by atoms with Gasteiger partial charge in [0.1, 0.15) is 5.75 Å². The molecule has 0 atom stereocenters. The van der Waals surface area contributed by atoms with E-state index in [1.54, 1.807) is 17.6 Å². The molecule has 158 valence electrons. The van der Waals surface area contributed by atoms with Crippen molar-refractivity contribution in [2.45, 2.75) is 43.9 Å². The number of fused-ring (bicyclic) bond motifs is 1. The molecule has 4 heteroatoms. The average molecular weight is 414 g/mol. The fraction of sp³-hybridized carbons (Fsp3) is 0.370. The summed E-state index contributed by atoms with van der Waals surface area (Å²) in [5, 5.41) is 21.7. The molecule has 0 spiro atoms. The van der Waals surface area contributed by atoms with Crippen molar-refractivity contribution in [2.75, 3.05) is 0 Å². The molecule has 0 aromatic heterocycles. The molecule has 1 amide bonds. The van der Waals surface area contributed by atoms with Crippen molar-refractivity contribution >= 4 is 16.7 Å². The number of hydrogen-bond acceptors (Lipinski definition) is 3. The highest BCUT2D eigenvalue weighted by Crippen LogP contribution is 2.62. The fourth-order valence-electron chi connectivity index (χ4n) is 7.21. The van der Waals surface area contributed by atoms with Crippen LogP contribution >= 0.6 is 0 Å². The number of carbonyl (C=O) groups is 1. The van der Waals surface area contributed by atoms with Crippen LogP contribution in [0.15, 0.2) is 54.6 Å². The second kappa shape index (κ2) is 6.83. The monoisotopic (exact) mass is 413 g/mol. The van der Waals surface area contributed by atoms with E-state index >= 15 is 0 Å². The van der Waals surface area contributed by atoms with Crippen LogP contribution in [0.4, 0.5) is 0 Å². The van der Waals surface area contributed by atoms with Gasteiger partial charge in [-0.25, -0.2) is 5.48 Å². The van der Waals surface area contributed by atoms with Crippen LogP contribution < -0.4 is 5.48 Å². The van der Waals surface area contributed by atoms with Gasteiger partial charge >= 0.3 is 0 Å². The Morgan fingerprint density at radius 2 is 1.39 bits per heavy atom. The summed E-state index contributed by atoms with van der Waals surface area (Å²) in [7, 11) is 0. The topological polar surface area (TPSA) is 69.6 Å². The molecular weight excluding hydrogens is 386 g/mol. The number of carbonyl (C=O) groups excluding carboxylic acids is 1. The third-order valence-electron chi connectivity index (χ3n) is 8.14. The highest BCUT2D eigenvalue weighted by atomic mass is 16.5. The molecule has 0 unspecified atom stereocenters. The summed E-state index contributed by atoms with van der Waals surface area (Å²) in [4.78, 5) is 11.7. The summed E-state index contributed by atoms with van der Waals surface area (Å²) < 4.78 is 0. The Labute approximate surface area is 181 Å². The van der Waals surface area contributed by atoms with Crippen molar-refractivity contribution in [2.24, 2.45) is 17.8 Å². The molecule has 4 aliphatic rings. The van der Waals surface area contributed by atoms with E-state index in [2.05, 4.69) is 18.2 Å². The molecule has 3 aromatic rings. The molecular formula is C27H27NO3. The molecule has 4 aliphatic carbocycles. The average Bonchev–Trinajstić information content (AvgIpc) is 2.77. The minimum Gasteiger partial charge on any atom is -0.508 e. The lowest BCUT2D eigenvalue weighted by Crippen LogP contribution is -2.48. The van der Waals surface area contributed by atoms with Gasteiger partial charge in [0.05, 0.1) is 0 Å². The molecule has 0 radical (unpaired) electrons. The summed E-state index contributed by atoms with van der Waals surface area (Å²) in [6, 6.07) is 17.7. The molecule has 0 saturated heterocycles. The SMILES string of the molecule is O=C(NO)c1ccc2cc(-c3ccc(O)c(C45CC6CC(CC(C6)C4)C5)c3)ccc2c1. The first-order chi connectivity index (χ1) is 15.0. The molecule has 4 fully saturated rings. The molecule has 4 bridgehead atoms. The highest BCUT2D eigenvalue weighted by molar-refractivity contribution is 5.98. The predicted octanol–water partition coefficient (Wildman–Crippen LogP) is 5.80. The predicted molar refractivity (Wildman–Crippen MR) is 120 cm³/mol. The Kier molecular flexibility index (Phi) is 4.16. The van der Waals surface area contributed by atoms with Crippen molar-refractivity contribution in [3.8, 4) is 16.9 Å². The van der Waals surface area contributed by atoms with Crippen molar-refractivity contribution in [1.82, 2.24) is 5.48 Å². The van der Waals surface area contributed by atoms with Crippen LogP contribution in [0.3, 0.4) is 0 Å². The Hall–Kier alpha value is -2.85. The van der Waals surface area contributed by atoms with Crippen LogP contribution in [0, 0.1) is 17.8 Å². The smallest absolute Gasteiger partial charge is 0.274 e. The summed E-state index contributed by atoms with van der Waals surface area (Å²) in [6.07, 6.45) is 7.85. The van der Waals surface area contributed by atoms with Crippen LogP contribution in [0.1, 0.15) is 54.4 Å². The number of hydrogen-bond donors (Lipinski definition) is 3. The van der Waals surface area contributed by atoms with Crippen molar-refractivity contribution < 1.29 is 15.1 Å². The molecule has 0 aliphatic heterocycles. The van der Waals surface area contributed by atoms with Crippen LogP contribution in [0.2, 0.25) is 0 Å². The minimum absolute atomic E-state index is 0.151. The van der Waals surface area contributed by atoms with Gasteiger partial charge in [0.25, 0.3) is 5.91 Å². The second-order valence-electron chi connectivity index (χ2n) is 10.1. The Balaban J connectivity index is 1.39. The molecule has 3 N–H and O–H groups in total. The number of phenolic OH excluding ortho intramolecular Hbond substituents is 1. The normalized spacial score (nSPS) is 28.7. The Morgan fingerprint density at radius 1 is 0.806 bits per heavy atom. The lowest BCUT2D eigenvalue weighted by molar-refractivity contribution is -0.00611. The Bertz CT molecular complexity index is 1160. The largest absolute Gasteiger partial charge is 0.508 e. The van der Waals surface area contributed by atoms with Crippen LogP contribution in [0.25, 0.3) is 21.9 Å². The maximum atomic E-state index is 11.7. The van der Waals surface area contributed by atoms with Gasteiger partial charge in [-0.1, -0.05) is 24.3 Å². The number of nitrogens with one attached hydrogen (secondary N) is 1.